The molecule has 200 valence electrons. The lowest BCUT2D eigenvalue weighted by Gasteiger charge is -2.35. The van der Waals surface area contributed by atoms with Crippen molar-refractivity contribution in [1.29, 1.82) is 0 Å². The van der Waals surface area contributed by atoms with E-state index in [0.29, 0.717) is 60.5 Å². The zero-order chi connectivity index (χ0) is 26.8. The normalized spacial score (nSPS) is 24.3. The largest absolute Gasteiger partial charge is 0.391 e. The van der Waals surface area contributed by atoms with Crippen molar-refractivity contribution < 1.29 is 14.3 Å². The predicted octanol–water partition coefficient (Wildman–Crippen LogP) is 4.99. The minimum Gasteiger partial charge on any atom is -0.391 e. The smallest absolute Gasteiger partial charge is 0.273 e. The van der Waals surface area contributed by atoms with Crippen LogP contribution in [0.5, 0.6) is 0 Å². The predicted molar refractivity (Wildman–Crippen MR) is 147 cm³/mol. The summed E-state index contributed by atoms with van der Waals surface area (Å²) in [6, 6.07) is 17.1. The number of fused-ring (bicyclic) bond motifs is 2. The van der Waals surface area contributed by atoms with E-state index in [1.807, 2.05) is 34.1 Å². The van der Waals surface area contributed by atoms with E-state index in [1.54, 1.807) is 16.6 Å². The Bertz CT molecular complexity index is 1600. The van der Waals surface area contributed by atoms with Crippen molar-refractivity contribution in [2.45, 2.75) is 51.2 Å². The van der Waals surface area contributed by atoms with Crippen LogP contribution in [0.25, 0.3) is 16.9 Å². The molecule has 2 aliphatic heterocycles. The minimum atomic E-state index is -0.375. The van der Waals surface area contributed by atoms with Crippen LogP contribution in [0.4, 0.5) is 10.1 Å². The van der Waals surface area contributed by atoms with E-state index in [2.05, 4.69) is 26.0 Å². The third kappa shape index (κ3) is 4.18. The third-order valence-corrected chi connectivity index (χ3v) is 8.78. The van der Waals surface area contributed by atoms with Crippen LogP contribution in [-0.4, -0.2) is 56.2 Å². The summed E-state index contributed by atoms with van der Waals surface area (Å²) in [4.78, 5) is 22.5. The van der Waals surface area contributed by atoms with Gasteiger partial charge in [-0.2, -0.15) is 5.10 Å². The molecular formula is C31H32FN5O2. The van der Waals surface area contributed by atoms with E-state index in [4.69, 9.17) is 10.1 Å². The van der Waals surface area contributed by atoms with Gasteiger partial charge in [-0.05, 0) is 67.5 Å². The SMILES string of the molecule is C[C@@H]1CC1c1cc(C(=O)N2CCc3ccccc3[C@H]2C)nc2cc(-c3ccc(N4CC[C@@H](O)C4)cc3F)nn12. The Morgan fingerprint density at radius 2 is 1.90 bits per heavy atom. The number of nitrogens with zero attached hydrogens (tertiary/aromatic N) is 5. The number of benzene rings is 2. The Morgan fingerprint density at radius 1 is 1.08 bits per heavy atom. The fourth-order valence-electron chi connectivity index (χ4n) is 6.32. The van der Waals surface area contributed by atoms with Crippen LogP contribution in [0.15, 0.2) is 54.6 Å². The standard InChI is InChI=1S/C31H32FN5O2/c1-18-13-25(18)29-15-28(31(39)36-12-9-20-5-3-4-6-23(20)19(36)2)33-30-16-27(34-37(29)30)24-8-7-21(14-26(24)32)35-11-10-22(38)17-35/h3-8,14-16,18-19,22,25,38H,9-13,17H2,1-2H3/t18-,19-,22-,25?/m1/s1. The summed E-state index contributed by atoms with van der Waals surface area (Å²) in [6.45, 7) is 6.14. The maximum Gasteiger partial charge on any atom is 0.273 e. The summed E-state index contributed by atoms with van der Waals surface area (Å²) in [5.41, 5.74) is 6.05. The summed E-state index contributed by atoms with van der Waals surface area (Å²) in [5.74, 6) is 0.345. The van der Waals surface area contributed by atoms with Gasteiger partial charge in [0.15, 0.2) is 5.65 Å². The van der Waals surface area contributed by atoms with Crippen LogP contribution < -0.4 is 4.90 Å². The van der Waals surface area contributed by atoms with Gasteiger partial charge in [-0.3, -0.25) is 4.79 Å². The number of β-amino-alcohol motifs (C(OH)–C–C–N with tert-alkyl or cyclic N) is 1. The number of amides is 1. The molecule has 2 aromatic heterocycles. The van der Waals surface area contributed by atoms with Gasteiger partial charge in [-0.25, -0.2) is 13.9 Å². The second-order valence-electron chi connectivity index (χ2n) is 11.4. The summed E-state index contributed by atoms with van der Waals surface area (Å²) in [7, 11) is 0. The quantitative estimate of drug-likeness (QED) is 0.407. The van der Waals surface area contributed by atoms with Crippen molar-refractivity contribution in [2.75, 3.05) is 24.5 Å². The van der Waals surface area contributed by atoms with E-state index < -0.39 is 0 Å². The maximum absolute atomic E-state index is 15.3. The van der Waals surface area contributed by atoms with Crippen molar-refractivity contribution in [3.63, 3.8) is 0 Å². The monoisotopic (exact) mass is 525 g/mol. The van der Waals surface area contributed by atoms with Crippen molar-refractivity contribution in [2.24, 2.45) is 5.92 Å². The van der Waals surface area contributed by atoms with E-state index in [-0.39, 0.29) is 23.9 Å². The number of anilines is 1. The summed E-state index contributed by atoms with van der Waals surface area (Å²) in [6.07, 6.45) is 2.16. The highest BCUT2D eigenvalue weighted by molar-refractivity contribution is 5.93. The van der Waals surface area contributed by atoms with Gasteiger partial charge in [0.2, 0.25) is 0 Å². The van der Waals surface area contributed by atoms with Crippen molar-refractivity contribution >= 4 is 17.2 Å². The van der Waals surface area contributed by atoms with Gasteiger partial charge < -0.3 is 14.9 Å². The first-order valence-corrected chi connectivity index (χ1v) is 13.9. The lowest BCUT2D eigenvalue weighted by atomic mass is 9.93. The number of halogens is 1. The van der Waals surface area contributed by atoms with E-state index in [9.17, 15) is 9.90 Å². The first-order chi connectivity index (χ1) is 18.9. The average Bonchev–Trinajstić information content (AvgIpc) is 3.29. The molecule has 2 fully saturated rings. The molecule has 0 spiro atoms. The Labute approximate surface area is 226 Å². The molecule has 1 unspecified atom stereocenters. The summed E-state index contributed by atoms with van der Waals surface area (Å²) < 4.78 is 17.1. The molecule has 39 heavy (non-hydrogen) atoms. The highest BCUT2D eigenvalue weighted by Crippen LogP contribution is 2.47. The number of rotatable bonds is 4. The molecular weight excluding hydrogens is 493 g/mol. The molecule has 1 saturated carbocycles. The molecule has 4 atom stereocenters. The molecule has 0 radical (unpaired) electrons. The fourth-order valence-corrected chi connectivity index (χ4v) is 6.32. The maximum atomic E-state index is 15.3. The van der Waals surface area contributed by atoms with Crippen molar-refractivity contribution in [3.8, 4) is 11.3 Å². The van der Waals surface area contributed by atoms with E-state index in [0.717, 1.165) is 24.2 Å². The minimum absolute atomic E-state index is 0.0337. The van der Waals surface area contributed by atoms with Crippen LogP contribution in [-0.2, 0) is 6.42 Å². The zero-order valence-corrected chi connectivity index (χ0v) is 22.2. The van der Waals surface area contributed by atoms with Gasteiger partial charge in [-0.1, -0.05) is 31.2 Å². The van der Waals surface area contributed by atoms with E-state index in [1.165, 1.54) is 17.2 Å². The number of aliphatic hydroxyl groups excluding tert-OH is 1. The highest BCUT2D eigenvalue weighted by Gasteiger charge is 2.38. The molecule has 2 aromatic carbocycles. The molecule has 1 N–H and O–H groups in total. The van der Waals surface area contributed by atoms with Gasteiger partial charge in [0.25, 0.3) is 5.91 Å². The molecule has 3 aliphatic rings. The Hall–Kier alpha value is -3.78. The summed E-state index contributed by atoms with van der Waals surface area (Å²) >= 11 is 0. The van der Waals surface area contributed by atoms with Crippen LogP contribution in [0, 0.1) is 11.7 Å². The van der Waals surface area contributed by atoms with Crippen LogP contribution >= 0.6 is 0 Å². The molecule has 1 amide bonds. The number of hydrogen-bond donors (Lipinski definition) is 1. The number of aliphatic hydroxyl groups is 1. The number of hydrogen-bond acceptors (Lipinski definition) is 5. The van der Waals surface area contributed by atoms with Crippen molar-refractivity contribution in [1.82, 2.24) is 19.5 Å². The molecule has 1 saturated heterocycles. The second-order valence-corrected chi connectivity index (χ2v) is 11.4. The van der Waals surface area contributed by atoms with Crippen LogP contribution in [0.1, 0.15) is 66.0 Å². The van der Waals surface area contributed by atoms with Crippen LogP contribution in [0.2, 0.25) is 0 Å². The van der Waals surface area contributed by atoms with Gasteiger partial charge in [-0.15, -0.1) is 0 Å². The van der Waals surface area contributed by atoms with Gasteiger partial charge in [0, 0.05) is 42.9 Å². The van der Waals surface area contributed by atoms with E-state index >= 15 is 4.39 Å². The fraction of sp³-hybridized carbons (Fsp3) is 0.387. The lowest BCUT2D eigenvalue weighted by molar-refractivity contribution is 0.0671. The van der Waals surface area contributed by atoms with Crippen molar-refractivity contribution in [3.05, 3.63) is 82.9 Å². The van der Waals surface area contributed by atoms with Gasteiger partial charge in [0.05, 0.1) is 23.5 Å². The highest BCUT2D eigenvalue weighted by atomic mass is 19.1. The molecule has 7 rings (SSSR count). The zero-order valence-electron chi connectivity index (χ0n) is 22.2. The molecule has 4 aromatic rings. The third-order valence-electron chi connectivity index (χ3n) is 8.78. The first-order valence-electron chi connectivity index (χ1n) is 13.9. The molecule has 1 aliphatic carbocycles. The molecule has 0 bridgehead atoms. The number of carbonyl (C=O) groups excluding carboxylic acids is 1. The second kappa shape index (κ2) is 9.16. The van der Waals surface area contributed by atoms with Gasteiger partial charge >= 0.3 is 0 Å². The lowest BCUT2D eigenvalue weighted by Crippen LogP contribution is -2.39. The Morgan fingerprint density at radius 3 is 2.64 bits per heavy atom. The Balaban J connectivity index is 1.25. The van der Waals surface area contributed by atoms with Gasteiger partial charge in [0.1, 0.15) is 11.5 Å². The average molecular weight is 526 g/mol. The number of carbonyl (C=O) groups is 1. The summed E-state index contributed by atoms with van der Waals surface area (Å²) in [5, 5.41) is 14.6. The number of aromatic nitrogens is 3. The molecule has 4 heterocycles. The Kier molecular flexibility index (Phi) is 5.70. The first kappa shape index (κ1) is 24.3. The topological polar surface area (TPSA) is 74.0 Å². The molecule has 7 nitrogen and oxygen atoms in total. The van der Waals surface area contributed by atoms with Crippen LogP contribution in [0.3, 0.4) is 0 Å². The molecule has 8 heteroatoms.